The van der Waals surface area contributed by atoms with Gasteiger partial charge in [-0.1, -0.05) is 13.3 Å². The zero-order valence-electron chi connectivity index (χ0n) is 13.9. The average Bonchev–Trinajstić information content (AvgIpc) is 3.25. The summed E-state index contributed by atoms with van der Waals surface area (Å²) in [6.45, 7) is 2.24. The van der Waals surface area contributed by atoms with E-state index in [0.717, 1.165) is 18.8 Å². The van der Waals surface area contributed by atoms with Crippen LogP contribution in [0.5, 0.6) is 0 Å². The number of carbonyl (C=O) groups excluding carboxylic acids is 1. The molecule has 130 valence electrons. The fourth-order valence-electron chi connectivity index (χ4n) is 3.22. The van der Waals surface area contributed by atoms with Crippen LogP contribution in [0.2, 0.25) is 0 Å². The minimum Gasteiger partial charge on any atom is -0.455 e. The predicted octanol–water partition coefficient (Wildman–Crippen LogP) is 3.69. The normalized spacial score (nSPS) is 16.8. The van der Waals surface area contributed by atoms with Crippen molar-refractivity contribution in [2.45, 2.75) is 39.2 Å². The van der Waals surface area contributed by atoms with Gasteiger partial charge in [-0.15, -0.1) is 22.7 Å². The molecule has 0 aromatic carbocycles. The second kappa shape index (κ2) is 6.72. The van der Waals surface area contributed by atoms with E-state index >= 15 is 0 Å². The molecule has 0 radical (unpaired) electrons. The molecule has 1 aliphatic rings. The molecule has 0 saturated heterocycles. The molecule has 0 spiro atoms. The fraction of sp³-hybridized carbons (Fsp3) is 0.389. The molecular weight excluding hydrogens is 356 g/mol. The maximum absolute atomic E-state index is 12.4. The van der Waals surface area contributed by atoms with Gasteiger partial charge in [0.05, 0.1) is 5.69 Å². The van der Waals surface area contributed by atoms with E-state index in [9.17, 15) is 9.59 Å². The number of thiazole rings is 1. The number of hydrogen-bond donors (Lipinski definition) is 0. The van der Waals surface area contributed by atoms with E-state index in [2.05, 4.69) is 11.9 Å². The van der Waals surface area contributed by atoms with Crippen LogP contribution in [0.15, 0.2) is 28.5 Å². The van der Waals surface area contributed by atoms with Gasteiger partial charge in [-0.05, 0) is 36.8 Å². The van der Waals surface area contributed by atoms with Crippen LogP contribution in [0.4, 0.5) is 0 Å². The molecule has 4 rings (SSSR count). The zero-order chi connectivity index (χ0) is 17.4. The Labute approximate surface area is 152 Å². The Balaban J connectivity index is 1.47. The van der Waals surface area contributed by atoms with Crippen molar-refractivity contribution < 1.29 is 9.53 Å². The van der Waals surface area contributed by atoms with Crippen molar-refractivity contribution in [2.24, 2.45) is 5.92 Å². The van der Waals surface area contributed by atoms with Crippen LogP contribution in [-0.4, -0.2) is 15.4 Å². The summed E-state index contributed by atoms with van der Waals surface area (Å²) in [4.78, 5) is 31.2. The van der Waals surface area contributed by atoms with E-state index in [1.807, 2.05) is 6.07 Å². The Hall–Kier alpha value is -1.99. The Bertz CT molecular complexity index is 986. The third-order valence-corrected chi connectivity index (χ3v) is 6.64. The number of nitrogens with zero attached hydrogens (tertiary/aromatic N) is 2. The first kappa shape index (κ1) is 16.5. The molecule has 0 fully saturated rings. The van der Waals surface area contributed by atoms with Crippen LogP contribution >= 0.6 is 22.7 Å². The first-order valence-corrected chi connectivity index (χ1v) is 10.1. The van der Waals surface area contributed by atoms with Gasteiger partial charge >= 0.3 is 5.97 Å². The molecule has 0 aliphatic heterocycles. The Morgan fingerprint density at radius 3 is 3.16 bits per heavy atom. The molecule has 25 heavy (non-hydrogen) atoms. The van der Waals surface area contributed by atoms with Crippen molar-refractivity contribution >= 4 is 33.6 Å². The van der Waals surface area contributed by atoms with Gasteiger partial charge in [0, 0.05) is 22.5 Å². The molecule has 3 aromatic heterocycles. The lowest BCUT2D eigenvalue weighted by molar-refractivity contribution is 0.0473. The van der Waals surface area contributed by atoms with Crippen molar-refractivity contribution in [3.63, 3.8) is 0 Å². The average molecular weight is 374 g/mol. The van der Waals surface area contributed by atoms with Gasteiger partial charge < -0.3 is 4.74 Å². The van der Waals surface area contributed by atoms with Crippen molar-refractivity contribution in [1.82, 2.24) is 9.38 Å². The minimum atomic E-state index is -0.333. The maximum Gasteiger partial charge on any atom is 0.348 e. The van der Waals surface area contributed by atoms with Crippen LogP contribution in [0.1, 0.15) is 45.6 Å². The number of ether oxygens (including phenoxy) is 1. The van der Waals surface area contributed by atoms with E-state index in [1.165, 1.54) is 56.4 Å². The summed E-state index contributed by atoms with van der Waals surface area (Å²) in [5.74, 6) is 0.390. The van der Waals surface area contributed by atoms with Crippen molar-refractivity contribution in [3.05, 3.63) is 55.1 Å². The molecule has 7 heteroatoms. The molecule has 1 atom stereocenters. The van der Waals surface area contributed by atoms with Crippen LogP contribution in [0.25, 0.3) is 4.96 Å². The standard InChI is InChI=1S/C18H18N2O3S2/c1-2-11-3-4-14-12(7-11)8-15(25-14)17(22)23-10-13-9-16(21)20-5-6-24-18(20)19-13/h5-6,8-9,11H,2-4,7,10H2,1H3/t11-/m0/s1. The molecular formula is C18H18N2O3S2. The highest BCUT2D eigenvalue weighted by Gasteiger charge is 2.22. The van der Waals surface area contributed by atoms with Crippen LogP contribution < -0.4 is 5.56 Å². The lowest BCUT2D eigenvalue weighted by Gasteiger charge is -2.19. The van der Waals surface area contributed by atoms with Gasteiger partial charge in [-0.2, -0.15) is 0 Å². The SMILES string of the molecule is CC[C@H]1CCc2sc(C(=O)OCc3cc(=O)n4ccsc4n3)cc2C1. The third kappa shape index (κ3) is 3.26. The van der Waals surface area contributed by atoms with E-state index in [4.69, 9.17) is 4.74 Å². The number of aromatic nitrogens is 2. The summed E-state index contributed by atoms with van der Waals surface area (Å²) in [6, 6.07) is 3.40. The van der Waals surface area contributed by atoms with Gasteiger partial charge in [-0.3, -0.25) is 9.20 Å². The van der Waals surface area contributed by atoms with Crippen molar-refractivity contribution in [1.29, 1.82) is 0 Å². The second-order valence-corrected chi connectivity index (χ2v) is 8.30. The molecule has 3 aromatic rings. The van der Waals surface area contributed by atoms with Gasteiger partial charge in [-0.25, -0.2) is 9.78 Å². The molecule has 5 nitrogen and oxygen atoms in total. The Morgan fingerprint density at radius 1 is 1.44 bits per heavy atom. The van der Waals surface area contributed by atoms with Crippen LogP contribution in [0, 0.1) is 5.92 Å². The lowest BCUT2D eigenvalue weighted by Crippen LogP contribution is -2.14. The molecule has 0 unspecified atom stereocenters. The minimum absolute atomic E-state index is 0.0165. The molecule has 0 N–H and O–H groups in total. The summed E-state index contributed by atoms with van der Waals surface area (Å²) in [5.41, 5.74) is 1.62. The Morgan fingerprint density at radius 2 is 2.32 bits per heavy atom. The van der Waals surface area contributed by atoms with E-state index in [-0.39, 0.29) is 18.1 Å². The zero-order valence-corrected chi connectivity index (χ0v) is 15.5. The highest BCUT2D eigenvalue weighted by Crippen LogP contribution is 2.33. The van der Waals surface area contributed by atoms with Crippen LogP contribution in [-0.2, 0) is 24.2 Å². The summed E-state index contributed by atoms with van der Waals surface area (Å²) >= 11 is 2.92. The van der Waals surface area contributed by atoms with E-state index in [0.29, 0.717) is 15.5 Å². The van der Waals surface area contributed by atoms with E-state index in [1.54, 1.807) is 11.6 Å². The number of esters is 1. The summed E-state index contributed by atoms with van der Waals surface area (Å²) in [6.07, 6.45) is 6.18. The van der Waals surface area contributed by atoms with E-state index < -0.39 is 0 Å². The first-order valence-electron chi connectivity index (χ1n) is 8.38. The number of hydrogen-bond acceptors (Lipinski definition) is 6. The number of carbonyl (C=O) groups is 1. The van der Waals surface area contributed by atoms with Crippen molar-refractivity contribution in [3.8, 4) is 0 Å². The largest absolute Gasteiger partial charge is 0.455 e. The highest BCUT2D eigenvalue weighted by atomic mass is 32.1. The quantitative estimate of drug-likeness (QED) is 0.654. The topological polar surface area (TPSA) is 60.7 Å². The number of rotatable bonds is 4. The fourth-order valence-corrected chi connectivity index (χ4v) is 5.06. The van der Waals surface area contributed by atoms with Gasteiger partial charge in [0.1, 0.15) is 11.5 Å². The molecule has 0 amide bonds. The second-order valence-electron chi connectivity index (χ2n) is 6.29. The molecule has 0 bridgehead atoms. The maximum atomic E-state index is 12.4. The number of thiophene rings is 1. The molecule has 0 saturated carbocycles. The number of fused-ring (bicyclic) bond motifs is 2. The summed E-state index contributed by atoms with van der Waals surface area (Å²) in [7, 11) is 0. The smallest absolute Gasteiger partial charge is 0.348 e. The first-order chi connectivity index (χ1) is 12.1. The third-order valence-electron chi connectivity index (χ3n) is 4.67. The summed E-state index contributed by atoms with van der Waals surface area (Å²) in [5, 5.41) is 1.80. The number of aryl methyl sites for hydroxylation is 1. The van der Waals surface area contributed by atoms with Gasteiger partial charge in [0.15, 0.2) is 4.96 Å². The van der Waals surface area contributed by atoms with Crippen LogP contribution in [0.3, 0.4) is 0 Å². The van der Waals surface area contributed by atoms with Gasteiger partial charge in [0.25, 0.3) is 5.56 Å². The molecule has 1 aliphatic carbocycles. The monoisotopic (exact) mass is 374 g/mol. The summed E-state index contributed by atoms with van der Waals surface area (Å²) < 4.78 is 6.87. The highest BCUT2D eigenvalue weighted by molar-refractivity contribution is 7.15. The van der Waals surface area contributed by atoms with Gasteiger partial charge in [0.2, 0.25) is 0 Å². The Kier molecular flexibility index (Phi) is 4.43. The predicted molar refractivity (Wildman–Crippen MR) is 98.6 cm³/mol. The van der Waals surface area contributed by atoms with Crippen molar-refractivity contribution in [2.75, 3.05) is 0 Å². The lowest BCUT2D eigenvalue weighted by atomic mass is 9.87. The molecule has 3 heterocycles.